The molecule has 2 rings (SSSR count). The van der Waals surface area contributed by atoms with Crippen LogP contribution in [0, 0.1) is 0 Å². The molecule has 1 saturated heterocycles. The first kappa shape index (κ1) is 11.3. The standard InChI is InChI=1S/C13H17NO2/c1-2-12-13(8-9-14(12)15)16-10-11-6-4-3-5-7-11/h2-7,12-13,15H,1,8-10H2/t12-,13-/m0/s1. The van der Waals surface area contributed by atoms with Gasteiger partial charge in [-0.15, -0.1) is 6.58 Å². The van der Waals surface area contributed by atoms with Crippen molar-refractivity contribution in [3.8, 4) is 0 Å². The van der Waals surface area contributed by atoms with E-state index in [1.807, 2.05) is 30.3 Å². The second-order valence-corrected chi connectivity index (χ2v) is 4.01. The highest BCUT2D eigenvalue weighted by atomic mass is 16.5. The van der Waals surface area contributed by atoms with Gasteiger partial charge in [0.2, 0.25) is 0 Å². The van der Waals surface area contributed by atoms with Gasteiger partial charge in [0.15, 0.2) is 0 Å². The number of hydroxylamine groups is 2. The third-order valence-electron chi connectivity index (χ3n) is 2.92. The van der Waals surface area contributed by atoms with Gasteiger partial charge in [-0.05, 0) is 12.0 Å². The molecular formula is C13H17NO2. The molecule has 0 aliphatic carbocycles. The van der Waals surface area contributed by atoms with Crippen LogP contribution in [0.2, 0.25) is 0 Å². The summed E-state index contributed by atoms with van der Waals surface area (Å²) < 4.78 is 5.79. The molecule has 1 aromatic rings. The lowest BCUT2D eigenvalue weighted by molar-refractivity contribution is -0.109. The van der Waals surface area contributed by atoms with E-state index < -0.39 is 0 Å². The second-order valence-electron chi connectivity index (χ2n) is 4.01. The van der Waals surface area contributed by atoms with Gasteiger partial charge in [-0.25, -0.2) is 0 Å². The normalized spacial score (nSPS) is 25.8. The highest BCUT2D eigenvalue weighted by molar-refractivity contribution is 5.13. The first-order chi connectivity index (χ1) is 7.81. The van der Waals surface area contributed by atoms with E-state index in [0.717, 1.165) is 12.0 Å². The van der Waals surface area contributed by atoms with Crippen LogP contribution >= 0.6 is 0 Å². The third-order valence-corrected chi connectivity index (χ3v) is 2.92. The molecule has 3 heteroatoms. The predicted octanol–water partition coefficient (Wildman–Crippen LogP) is 2.22. The van der Waals surface area contributed by atoms with E-state index in [2.05, 4.69) is 6.58 Å². The van der Waals surface area contributed by atoms with Crippen LogP contribution in [0.1, 0.15) is 12.0 Å². The van der Waals surface area contributed by atoms with Gasteiger partial charge in [-0.1, -0.05) is 36.4 Å². The van der Waals surface area contributed by atoms with Crippen LogP contribution in [-0.2, 0) is 11.3 Å². The lowest BCUT2D eigenvalue weighted by atomic mass is 10.1. The van der Waals surface area contributed by atoms with Crippen molar-refractivity contribution in [2.24, 2.45) is 0 Å². The number of rotatable bonds is 4. The highest BCUT2D eigenvalue weighted by Crippen LogP contribution is 2.20. The van der Waals surface area contributed by atoms with Crippen molar-refractivity contribution in [2.75, 3.05) is 6.54 Å². The minimum absolute atomic E-state index is 0.0442. The van der Waals surface area contributed by atoms with Crippen LogP contribution in [0.25, 0.3) is 0 Å². The molecule has 2 atom stereocenters. The molecule has 1 aliphatic rings. The molecule has 0 radical (unpaired) electrons. The molecule has 0 aromatic heterocycles. The van der Waals surface area contributed by atoms with Crippen molar-refractivity contribution in [3.63, 3.8) is 0 Å². The average Bonchev–Trinajstić information content (AvgIpc) is 2.68. The molecule has 1 aromatic carbocycles. The van der Waals surface area contributed by atoms with Crippen LogP contribution < -0.4 is 0 Å². The maximum Gasteiger partial charge on any atom is 0.0806 e. The lowest BCUT2D eigenvalue weighted by Crippen LogP contribution is -2.31. The Balaban J connectivity index is 1.89. The van der Waals surface area contributed by atoms with Crippen LogP contribution in [0.5, 0.6) is 0 Å². The Labute approximate surface area is 95.9 Å². The maximum atomic E-state index is 9.54. The molecule has 0 unspecified atom stereocenters. The summed E-state index contributed by atoms with van der Waals surface area (Å²) in [4.78, 5) is 0. The van der Waals surface area contributed by atoms with E-state index in [0.29, 0.717) is 13.2 Å². The third kappa shape index (κ3) is 2.50. The SMILES string of the molecule is C=C[C@H]1[C@@H](OCc2ccccc2)CCN1O. The second kappa shape index (κ2) is 5.25. The zero-order chi connectivity index (χ0) is 11.4. The van der Waals surface area contributed by atoms with Gasteiger partial charge in [0.1, 0.15) is 0 Å². The van der Waals surface area contributed by atoms with Crippen molar-refractivity contribution >= 4 is 0 Å². The van der Waals surface area contributed by atoms with Gasteiger partial charge in [0, 0.05) is 6.54 Å². The van der Waals surface area contributed by atoms with Gasteiger partial charge in [-0.2, -0.15) is 5.06 Å². The Morgan fingerprint density at radius 1 is 1.44 bits per heavy atom. The Morgan fingerprint density at radius 2 is 2.19 bits per heavy atom. The molecule has 86 valence electrons. The van der Waals surface area contributed by atoms with E-state index in [4.69, 9.17) is 4.74 Å². The summed E-state index contributed by atoms with van der Waals surface area (Å²) in [6.45, 7) is 4.95. The summed E-state index contributed by atoms with van der Waals surface area (Å²) in [6.07, 6.45) is 2.63. The molecular weight excluding hydrogens is 202 g/mol. The van der Waals surface area contributed by atoms with Crippen LogP contribution in [0.15, 0.2) is 43.0 Å². The van der Waals surface area contributed by atoms with Crippen molar-refractivity contribution < 1.29 is 9.94 Å². The highest BCUT2D eigenvalue weighted by Gasteiger charge is 2.31. The number of hydrogen-bond acceptors (Lipinski definition) is 3. The fourth-order valence-corrected chi connectivity index (χ4v) is 2.00. The Morgan fingerprint density at radius 3 is 2.88 bits per heavy atom. The largest absolute Gasteiger partial charge is 0.371 e. The van der Waals surface area contributed by atoms with Gasteiger partial charge >= 0.3 is 0 Å². The summed E-state index contributed by atoms with van der Waals surface area (Å²) in [5, 5.41) is 10.8. The average molecular weight is 219 g/mol. The minimum Gasteiger partial charge on any atom is -0.371 e. The number of benzene rings is 1. The first-order valence-corrected chi connectivity index (χ1v) is 5.55. The monoisotopic (exact) mass is 219 g/mol. The predicted molar refractivity (Wildman–Crippen MR) is 62.1 cm³/mol. The Hall–Kier alpha value is -1.16. The number of ether oxygens (including phenoxy) is 1. The molecule has 1 fully saturated rings. The molecule has 1 aliphatic heterocycles. The zero-order valence-electron chi connectivity index (χ0n) is 9.25. The van der Waals surface area contributed by atoms with E-state index in [1.54, 1.807) is 6.08 Å². The van der Waals surface area contributed by atoms with E-state index >= 15 is 0 Å². The fourth-order valence-electron chi connectivity index (χ4n) is 2.00. The molecule has 1 heterocycles. The molecule has 3 nitrogen and oxygen atoms in total. The maximum absolute atomic E-state index is 9.54. The molecule has 0 bridgehead atoms. The Bertz CT molecular complexity index is 339. The quantitative estimate of drug-likeness (QED) is 0.788. The first-order valence-electron chi connectivity index (χ1n) is 5.55. The van der Waals surface area contributed by atoms with Crippen LogP contribution in [-0.4, -0.2) is 29.0 Å². The molecule has 1 N–H and O–H groups in total. The topological polar surface area (TPSA) is 32.7 Å². The number of nitrogens with zero attached hydrogens (tertiary/aromatic N) is 1. The van der Waals surface area contributed by atoms with Gasteiger partial charge in [0.25, 0.3) is 0 Å². The Kier molecular flexibility index (Phi) is 3.72. The molecule has 0 spiro atoms. The minimum atomic E-state index is -0.0799. The van der Waals surface area contributed by atoms with Crippen molar-refractivity contribution in [1.29, 1.82) is 0 Å². The van der Waals surface area contributed by atoms with Crippen LogP contribution in [0.4, 0.5) is 0 Å². The summed E-state index contributed by atoms with van der Waals surface area (Å²) in [7, 11) is 0. The van der Waals surface area contributed by atoms with Gasteiger partial charge in [0.05, 0.1) is 18.8 Å². The lowest BCUT2D eigenvalue weighted by Gasteiger charge is -2.20. The van der Waals surface area contributed by atoms with E-state index in [9.17, 15) is 5.21 Å². The fraction of sp³-hybridized carbons (Fsp3) is 0.385. The summed E-state index contributed by atoms with van der Waals surface area (Å²) in [6, 6.07) is 9.97. The molecule has 0 saturated carbocycles. The van der Waals surface area contributed by atoms with Crippen molar-refractivity contribution in [1.82, 2.24) is 5.06 Å². The van der Waals surface area contributed by atoms with E-state index in [1.165, 1.54) is 5.06 Å². The summed E-state index contributed by atoms with van der Waals surface area (Å²) in [5.41, 5.74) is 1.15. The van der Waals surface area contributed by atoms with Gasteiger partial charge in [-0.3, -0.25) is 0 Å². The summed E-state index contributed by atoms with van der Waals surface area (Å²) >= 11 is 0. The molecule has 0 amide bonds. The van der Waals surface area contributed by atoms with Crippen molar-refractivity contribution in [3.05, 3.63) is 48.6 Å². The van der Waals surface area contributed by atoms with Crippen molar-refractivity contribution in [2.45, 2.75) is 25.2 Å². The zero-order valence-corrected chi connectivity index (χ0v) is 9.25. The summed E-state index contributed by atoms with van der Waals surface area (Å²) in [5.74, 6) is 0. The smallest absolute Gasteiger partial charge is 0.0806 e. The molecule has 16 heavy (non-hydrogen) atoms. The van der Waals surface area contributed by atoms with E-state index in [-0.39, 0.29) is 12.1 Å². The van der Waals surface area contributed by atoms with Gasteiger partial charge < -0.3 is 9.94 Å². The number of hydrogen-bond donors (Lipinski definition) is 1. The van der Waals surface area contributed by atoms with Crippen LogP contribution in [0.3, 0.4) is 0 Å².